The Balaban J connectivity index is 2.50. The summed E-state index contributed by atoms with van der Waals surface area (Å²) in [5.74, 6) is 1.12. The molecule has 1 heterocycles. The summed E-state index contributed by atoms with van der Waals surface area (Å²) in [6.45, 7) is -0.955. The maximum absolute atomic E-state index is 12.1. The van der Waals surface area contributed by atoms with Crippen LogP contribution in [0.5, 0.6) is 0 Å². The van der Waals surface area contributed by atoms with Gasteiger partial charge in [-0.05, 0) is 6.07 Å². The first kappa shape index (κ1) is 23.7. The van der Waals surface area contributed by atoms with Crippen molar-refractivity contribution in [3.8, 4) is 0 Å². The van der Waals surface area contributed by atoms with Gasteiger partial charge in [-0.2, -0.15) is 24.9 Å². The van der Waals surface area contributed by atoms with Gasteiger partial charge >= 0.3 is 6.18 Å². The lowest BCUT2D eigenvalue weighted by atomic mass is 10.5. The van der Waals surface area contributed by atoms with Gasteiger partial charge in [-0.3, -0.25) is 0 Å². The number of alkyl halides is 3. The zero-order chi connectivity index (χ0) is 21.4. The van der Waals surface area contributed by atoms with Gasteiger partial charge in [0.05, 0.1) is 12.0 Å². The molecule has 1 aromatic heterocycles. The molecule has 0 fully saturated rings. The predicted molar refractivity (Wildman–Crippen MR) is 103 cm³/mol. The molecule has 0 aliphatic carbocycles. The summed E-state index contributed by atoms with van der Waals surface area (Å²) in [7, 11) is -1.96. The van der Waals surface area contributed by atoms with E-state index in [1.165, 1.54) is 28.9 Å². The zero-order valence-corrected chi connectivity index (χ0v) is 16.8. The number of hydrogen-bond donors (Lipinski definition) is 3. The van der Waals surface area contributed by atoms with Gasteiger partial charge in [0.2, 0.25) is 5.96 Å². The number of nitrogens with one attached hydrogen (secondary N) is 1. The van der Waals surface area contributed by atoms with Crippen LogP contribution in [0.3, 0.4) is 0 Å². The molecule has 0 aliphatic rings. The molecule has 5 N–H and O–H groups in total. The minimum atomic E-state index is -4.44. The summed E-state index contributed by atoms with van der Waals surface area (Å²) in [6, 6.07) is 1.44. The van der Waals surface area contributed by atoms with E-state index in [0.717, 1.165) is 6.26 Å². The van der Waals surface area contributed by atoms with Crippen molar-refractivity contribution in [1.29, 1.82) is 0 Å². The second-order valence-electron chi connectivity index (χ2n) is 5.46. The highest BCUT2D eigenvalue weighted by molar-refractivity contribution is 7.98. The Morgan fingerprint density at radius 1 is 1.39 bits per heavy atom. The highest BCUT2D eigenvalue weighted by Crippen LogP contribution is 2.14. The number of thioether (sulfide) groups is 1. The summed E-state index contributed by atoms with van der Waals surface area (Å²) in [4.78, 5) is 12.9. The average Bonchev–Trinajstić information content (AvgIpc) is 2.55. The number of aromatic nitrogens is 2. The SMILES string of the molecule is CN(CCSCc1nccc(NC(N)=NCC(F)(F)F)n1)C(N)=NS(C)(=O)=O. The molecule has 0 unspecified atom stereocenters. The molecule has 28 heavy (non-hydrogen) atoms. The quantitative estimate of drug-likeness (QED) is 0.291. The molecule has 0 saturated carbocycles. The molecule has 1 aromatic rings. The van der Waals surface area contributed by atoms with Crippen LogP contribution in [0.4, 0.5) is 19.0 Å². The van der Waals surface area contributed by atoms with Crippen LogP contribution in [-0.4, -0.2) is 73.5 Å². The number of hydrogen-bond acceptors (Lipinski definition) is 6. The molecule has 0 amide bonds. The van der Waals surface area contributed by atoms with Crippen molar-refractivity contribution in [3.05, 3.63) is 18.1 Å². The number of nitrogens with zero attached hydrogens (tertiary/aromatic N) is 5. The molecule has 15 heteroatoms. The number of aliphatic imine (C=N–C) groups is 1. The molecule has 1 rings (SSSR count). The number of nitrogens with two attached hydrogens (primary N) is 2. The average molecular weight is 442 g/mol. The molecule has 158 valence electrons. The van der Waals surface area contributed by atoms with Crippen molar-refractivity contribution in [2.24, 2.45) is 20.9 Å². The van der Waals surface area contributed by atoms with E-state index in [1.807, 2.05) is 0 Å². The largest absolute Gasteiger partial charge is 0.408 e. The molecule has 10 nitrogen and oxygen atoms in total. The van der Waals surface area contributed by atoms with Crippen LogP contribution in [0.1, 0.15) is 5.82 Å². The molecular weight excluding hydrogens is 421 g/mol. The lowest BCUT2D eigenvalue weighted by Crippen LogP contribution is -2.36. The van der Waals surface area contributed by atoms with Gasteiger partial charge < -0.3 is 21.7 Å². The number of sulfonamides is 1. The van der Waals surface area contributed by atoms with E-state index in [4.69, 9.17) is 11.5 Å². The molecule has 0 radical (unpaired) electrons. The van der Waals surface area contributed by atoms with E-state index in [2.05, 4.69) is 24.7 Å². The van der Waals surface area contributed by atoms with Gasteiger partial charge in [-0.15, -0.1) is 4.40 Å². The number of halogens is 3. The Bertz CT molecular complexity index is 814. The summed E-state index contributed by atoms with van der Waals surface area (Å²) >= 11 is 1.45. The van der Waals surface area contributed by atoms with E-state index in [0.29, 0.717) is 23.9 Å². The fraction of sp³-hybridized carbons (Fsp3) is 0.538. The minimum Gasteiger partial charge on any atom is -0.370 e. The van der Waals surface area contributed by atoms with Crippen molar-refractivity contribution in [2.75, 3.05) is 37.5 Å². The van der Waals surface area contributed by atoms with E-state index in [1.54, 1.807) is 7.05 Å². The van der Waals surface area contributed by atoms with Crippen LogP contribution in [0.25, 0.3) is 0 Å². The summed E-state index contributed by atoms with van der Waals surface area (Å²) in [6.07, 6.45) is -2.06. The molecule has 0 saturated heterocycles. The molecule has 0 bridgehead atoms. The third-order valence-corrected chi connectivity index (χ3v) is 4.30. The van der Waals surface area contributed by atoms with E-state index in [9.17, 15) is 21.6 Å². The maximum atomic E-state index is 12.1. The van der Waals surface area contributed by atoms with Gasteiger partial charge in [-0.25, -0.2) is 23.4 Å². The van der Waals surface area contributed by atoms with Crippen LogP contribution >= 0.6 is 11.8 Å². The number of rotatable bonds is 8. The molecule has 0 aromatic carbocycles. The van der Waals surface area contributed by atoms with Crippen LogP contribution in [0.2, 0.25) is 0 Å². The predicted octanol–water partition coefficient (Wildman–Crippen LogP) is 0.205. The van der Waals surface area contributed by atoms with Crippen molar-refractivity contribution >= 4 is 39.5 Å². The Morgan fingerprint density at radius 3 is 2.68 bits per heavy atom. The first-order chi connectivity index (χ1) is 12.9. The molecular formula is C13H21F3N8O2S2. The van der Waals surface area contributed by atoms with Crippen LogP contribution in [-0.2, 0) is 15.8 Å². The van der Waals surface area contributed by atoms with E-state index >= 15 is 0 Å². The van der Waals surface area contributed by atoms with Crippen molar-refractivity contribution in [3.63, 3.8) is 0 Å². The lowest BCUT2D eigenvalue weighted by molar-refractivity contribution is -0.118. The number of guanidine groups is 2. The summed E-state index contributed by atoms with van der Waals surface area (Å²) < 4.78 is 61.8. The highest BCUT2D eigenvalue weighted by atomic mass is 32.2. The van der Waals surface area contributed by atoms with Crippen molar-refractivity contribution in [1.82, 2.24) is 14.9 Å². The number of anilines is 1. The Morgan fingerprint density at radius 2 is 2.07 bits per heavy atom. The third kappa shape index (κ3) is 10.8. The minimum absolute atomic E-state index is 0.112. The Labute approximate surface area is 164 Å². The van der Waals surface area contributed by atoms with E-state index in [-0.39, 0.29) is 11.8 Å². The monoisotopic (exact) mass is 442 g/mol. The molecule has 0 spiro atoms. The van der Waals surface area contributed by atoms with Crippen molar-refractivity contribution in [2.45, 2.75) is 11.9 Å². The highest BCUT2D eigenvalue weighted by Gasteiger charge is 2.26. The van der Waals surface area contributed by atoms with Gasteiger partial charge in [0.25, 0.3) is 10.0 Å². The second kappa shape index (κ2) is 10.3. The molecule has 0 aliphatic heterocycles. The topological polar surface area (TPSA) is 152 Å². The third-order valence-electron chi connectivity index (χ3n) is 2.84. The van der Waals surface area contributed by atoms with Gasteiger partial charge in [0.15, 0.2) is 5.96 Å². The lowest BCUT2D eigenvalue weighted by Gasteiger charge is -2.16. The van der Waals surface area contributed by atoms with Gasteiger partial charge in [0.1, 0.15) is 18.2 Å². The standard InChI is InChI=1S/C13H21F3N8O2S2/c1-24(12(18)23-28(2,25)26)5-6-27-7-10-19-4-3-9(21-10)22-11(17)20-8-13(14,15)16/h3-4H,5-8H2,1-2H3,(H2,18,23)(H3,17,19,20,21,22). The zero-order valence-electron chi connectivity index (χ0n) is 15.1. The van der Waals surface area contributed by atoms with E-state index < -0.39 is 28.7 Å². The normalized spacial score (nSPS) is 13.5. The second-order valence-corrected chi connectivity index (χ2v) is 8.21. The van der Waals surface area contributed by atoms with Crippen LogP contribution < -0.4 is 16.8 Å². The molecule has 0 atom stereocenters. The van der Waals surface area contributed by atoms with Gasteiger partial charge in [0, 0.05) is 25.5 Å². The summed E-state index contributed by atoms with van der Waals surface area (Å²) in [5, 5.41) is 2.47. The fourth-order valence-corrected chi connectivity index (χ4v) is 2.95. The smallest absolute Gasteiger partial charge is 0.370 e. The maximum Gasteiger partial charge on any atom is 0.408 e. The Kier molecular flexibility index (Phi) is 8.74. The first-order valence-electron chi connectivity index (χ1n) is 7.65. The summed E-state index contributed by atoms with van der Waals surface area (Å²) in [5.41, 5.74) is 11.0. The fourth-order valence-electron chi connectivity index (χ4n) is 1.60. The first-order valence-corrected chi connectivity index (χ1v) is 10.7. The van der Waals surface area contributed by atoms with Crippen LogP contribution in [0, 0.1) is 0 Å². The van der Waals surface area contributed by atoms with Gasteiger partial charge in [-0.1, -0.05) is 0 Å². The van der Waals surface area contributed by atoms with Crippen LogP contribution in [0.15, 0.2) is 21.7 Å². The van der Waals surface area contributed by atoms with Crippen molar-refractivity contribution < 1.29 is 21.6 Å². The Hall–Kier alpha value is -2.29.